The first kappa shape index (κ1) is 17.5. The number of fused-ring (bicyclic) bond motifs is 3. The lowest BCUT2D eigenvalue weighted by Crippen LogP contribution is -2.42. The van der Waals surface area contributed by atoms with Crippen LogP contribution in [0.3, 0.4) is 0 Å². The second kappa shape index (κ2) is 7.34. The second-order valence-electron chi connectivity index (χ2n) is 6.98. The zero-order chi connectivity index (χ0) is 18.8. The van der Waals surface area contributed by atoms with Crippen LogP contribution in [0, 0.1) is 0 Å². The number of anilines is 2. The summed E-state index contributed by atoms with van der Waals surface area (Å²) in [7, 11) is 0. The fraction of sp³-hybridized carbons (Fsp3) is 0.400. The summed E-state index contributed by atoms with van der Waals surface area (Å²) < 4.78 is 2.02. The van der Waals surface area contributed by atoms with Gasteiger partial charge in [0.2, 0.25) is 5.95 Å². The van der Waals surface area contributed by atoms with Crippen LogP contribution < -0.4 is 10.2 Å². The van der Waals surface area contributed by atoms with Gasteiger partial charge in [0, 0.05) is 11.7 Å². The van der Waals surface area contributed by atoms with E-state index in [1.54, 1.807) is 12.4 Å². The molecule has 0 bridgehead atoms. The molecule has 7 heteroatoms. The van der Waals surface area contributed by atoms with Crippen molar-refractivity contribution < 1.29 is 0 Å². The van der Waals surface area contributed by atoms with Crippen molar-refractivity contribution in [2.45, 2.75) is 51.1 Å². The van der Waals surface area contributed by atoms with Crippen LogP contribution in [0.15, 0.2) is 49.6 Å². The summed E-state index contributed by atoms with van der Waals surface area (Å²) in [5.74, 6) is 2.46. The molecule has 0 spiro atoms. The third kappa shape index (κ3) is 3.13. The molecule has 1 saturated carbocycles. The summed E-state index contributed by atoms with van der Waals surface area (Å²) >= 11 is 0. The standard InChI is InChI=1S/C20H25N7/c1-4-6-9-14(3)23-20-21-12-17-18(24-20)27(15-10-7-8-11-15)16(5-2)19-25-22-13-26(17)19/h4,6,9,12-13,15-16H,1,3,5,7-8,10-11H2,2H3,(H,21,23,24)/b9-6-/t16-/m1/s1. The zero-order valence-corrected chi connectivity index (χ0v) is 15.7. The van der Waals surface area contributed by atoms with Crippen LogP contribution in [0.1, 0.15) is 50.9 Å². The topological polar surface area (TPSA) is 71.8 Å². The van der Waals surface area contributed by atoms with Crippen molar-refractivity contribution >= 4 is 11.8 Å². The molecular formula is C20H25N7. The van der Waals surface area contributed by atoms with E-state index in [0.29, 0.717) is 12.0 Å². The third-order valence-electron chi connectivity index (χ3n) is 5.27. The predicted octanol–water partition coefficient (Wildman–Crippen LogP) is 3.94. The SMILES string of the molecule is C=C/C=C\C(=C)Nc1ncc2c(n1)N(C1CCCC1)[C@H](CC)c1nncn1-2. The highest BCUT2D eigenvalue weighted by Crippen LogP contribution is 2.42. The number of hydrogen-bond donors (Lipinski definition) is 1. The number of nitrogens with zero attached hydrogens (tertiary/aromatic N) is 6. The molecule has 1 aliphatic heterocycles. The van der Waals surface area contributed by atoms with Gasteiger partial charge in [-0.25, -0.2) is 4.98 Å². The predicted molar refractivity (Wildman–Crippen MR) is 107 cm³/mol. The maximum Gasteiger partial charge on any atom is 0.229 e. The molecule has 1 atom stereocenters. The highest BCUT2D eigenvalue weighted by Gasteiger charge is 2.38. The van der Waals surface area contributed by atoms with Crippen molar-refractivity contribution in [3.8, 4) is 5.69 Å². The van der Waals surface area contributed by atoms with E-state index in [9.17, 15) is 0 Å². The quantitative estimate of drug-likeness (QED) is 0.784. The smallest absolute Gasteiger partial charge is 0.229 e. The van der Waals surface area contributed by atoms with E-state index in [1.807, 2.05) is 22.9 Å². The Bertz CT molecular complexity index is 876. The third-order valence-corrected chi connectivity index (χ3v) is 5.27. The van der Waals surface area contributed by atoms with E-state index in [-0.39, 0.29) is 6.04 Å². The average Bonchev–Trinajstić information content (AvgIpc) is 3.36. The summed E-state index contributed by atoms with van der Waals surface area (Å²) in [5.41, 5.74) is 1.65. The van der Waals surface area contributed by atoms with Gasteiger partial charge in [0.05, 0.1) is 12.2 Å². The van der Waals surface area contributed by atoms with Crippen molar-refractivity contribution in [3.63, 3.8) is 0 Å². The molecule has 2 aromatic heterocycles. The monoisotopic (exact) mass is 363 g/mol. The molecule has 0 radical (unpaired) electrons. The molecule has 1 N–H and O–H groups in total. The molecule has 2 aliphatic rings. The van der Waals surface area contributed by atoms with Gasteiger partial charge in [-0.05, 0) is 25.3 Å². The lowest BCUT2D eigenvalue weighted by atomic mass is 10.0. The Morgan fingerprint density at radius 2 is 2.19 bits per heavy atom. The Hall–Kier alpha value is -2.96. The van der Waals surface area contributed by atoms with Crippen LogP contribution >= 0.6 is 0 Å². The first-order chi connectivity index (χ1) is 13.2. The van der Waals surface area contributed by atoms with E-state index < -0.39 is 0 Å². The maximum atomic E-state index is 4.87. The Balaban J connectivity index is 1.76. The van der Waals surface area contributed by atoms with Crippen molar-refractivity contribution in [3.05, 3.63) is 55.4 Å². The van der Waals surface area contributed by atoms with Crippen molar-refractivity contribution in [1.29, 1.82) is 0 Å². The summed E-state index contributed by atoms with van der Waals surface area (Å²) in [5, 5.41) is 11.7. The highest BCUT2D eigenvalue weighted by molar-refractivity contribution is 5.64. The molecule has 4 rings (SSSR count). The Morgan fingerprint density at radius 1 is 1.37 bits per heavy atom. The van der Waals surface area contributed by atoms with E-state index in [0.717, 1.165) is 29.4 Å². The second-order valence-corrected chi connectivity index (χ2v) is 6.98. The van der Waals surface area contributed by atoms with Crippen LogP contribution in [0.4, 0.5) is 11.8 Å². The van der Waals surface area contributed by atoms with Gasteiger partial charge in [-0.15, -0.1) is 10.2 Å². The van der Waals surface area contributed by atoms with Crippen LogP contribution in [0.5, 0.6) is 0 Å². The fourth-order valence-electron chi connectivity index (χ4n) is 4.07. The molecule has 27 heavy (non-hydrogen) atoms. The van der Waals surface area contributed by atoms with Crippen LogP contribution in [0.25, 0.3) is 5.69 Å². The molecule has 0 amide bonds. The Labute approximate surface area is 159 Å². The largest absolute Gasteiger partial charge is 0.341 e. The highest BCUT2D eigenvalue weighted by atomic mass is 15.4. The number of rotatable bonds is 6. The molecule has 3 heterocycles. The molecular weight excluding hydrogens is 338 g/mol. The van der Waals surface area contributed by atoms with Crippen molar-refractivity contribution in [2.24, 2.45) is 0 Å². The molecule has 1 fully saturated rings. The molecule has 0 unspecified atom stereocenters. The molecule has 2 aromatic rings. The summed E-state index contributed by atoms with van der Waals surface area (Å²) in [6.45, 7) is 9.86. The van der Waals surface area contributed by atoms with E-state index >= 15 is 0 Å². The Morgan fingerprint density at radius 3 is 2.93 bits per heavy atom. The number of nitrogens with one attached hydrogen (secondary N) is 1. The molecule has 0 saturated heterocycles. The summed E-state index contributed by atoms with van der Waals surface area (Å²) in [4.78, 5) is 11.8. The first-order valence-electron chi connectivity index (χ1n) is 9.53. The summed E-state index contributed by atoms with van der Waals surface area (Å²) in [6.07, 6.45) is 14.8. The first-order valence-corrected chi connectivity index (χ1v) is 9.53. The molecule has 1 aliphatic carbocycles. The number of aromatic nitrogens is 5. The van der Waals surface area contributed by atoms with Crippen molar-refractivity contribution in [1.82, 2.24) is 24.7 Å². The van der Waals surface area contributed by atoms with Gasteiger partial charge in [0.1, 0.15) is 12.0 Å². The van der Waals surface area contributed by atoms with Crippen molar-refractivity contribution in [2.75, 3.05) is 10.2 Å². The van der Waals surface area contributed by atoms with Gasteiger partial charge in [-0.3, -0.25) is 4.57 Å². The molecule has 7 nitrogen and oxygen atoms in total. The molecule has 0 aromatic carbocycles. The van der Waals surface area contributed by atoms with Gasteiger partial charge >= 0.3 is 0 Å². The Kier molecular flexibility index (Phi) is 4.75. The van der Waals surface area contributed by atoms with Crippen LogP contribution in [-0.2, 0) is 0 Å². The number of hydrogen-bond acceptors (Lipinski definition) is 6. The van der Waals surface area contributed by atoms with E-state index in [1.165, 1.54) is 25.7 Å². The zero-order valence-electron chi connectivity index (χ0n) is 15.7. The average molecular weight is 363 g/mol. The lowest BCUT2D eigenvalue weighted by Gasteiger charge is -2.40. The van der Waals surface area contributed by atoms with Crippen LogP contribution in [0.2, 0.25) is 0 Å². The minimum atomic E-state index is 0.176. The maximum absolute atomic E-state index is 4.87. The molecule has 140 valence electrons. The number of allylic oxidation sites excluding steroid dienone is 3. The van der Waals surface area contributed by atoms with Gasteiger partial charge in [0.15, 0.2) is 11.6 Å². The van der Waals surface area contributed by atoms with Gasteiger partial charge < -0.3 is 10.2 Å². The van der Waals surface area contributed by atoms with Gasteiger partial charge in [0.25, 0.3) is 0 Å². The minimum absolute atomic E-state index is 0.176. The van der Waals surface area contributed by atoms with E-state index in [2.05, 4.69) is 45.5 Å². The lowest BCUT2D eigenvalue weighted by molar-refractivity contribution is 0.469. The van der Waals surface area contributed by atoms with Crippen LogP contribution in [-0.4, -0.2) is 30.8 Å². The van der Waals surface area contributed by atoms with Gasteiger partial charge in [-0.2, -0.15) is 4.98 Å². The van der Waals surface area contributed by atoms with E-state index in [4.69, 9.17) is 4.98 Å². The normalized spacial score (nSPS) is 19.1. The van der Waals surface area contributed by atoms with Gasteiger partial charge in [-0.1, -0.05) is 45.1 Å². The summed E-state index contributed by atoms with van der Waals surface area (Å²) in [6, 6.07) is 0.653. The minimum Gasteiger partial charge on any atom is -0.341 e. The fourth-order valence-corrected chi connectivity index (χ4v) is 4.07.